The van der Waals surface area contributed by atoms with E-state index in [-0.39, 0.29) is 11.4 Å². The van der Waals surface area contributed by atoms with Crippen LogP contribution in [0.4, 0.5) is 0 Å². The van der Waals surface area contributed by atoms with E-state index >= 15 is 0 Å². The van der Waals surface area contributed by atoms with Crippen LogP contribution in [0.2, 0.25) is 5.02 Å². The molecule has 0 aliphatic carbocycles. The van der Waals surface area contributed by atoms with Gasteiger partial charge in [0.05, 0.1) is 28.7 Å². The lowest BCUT2D eigenvalue weighted by atomic mass is 10.1. The van der Waals surface area contributed by atoms with Crippen molar-refractivity contribution in [2.75, 3.05) is 6.61 Å². The molecule has 0 unspecified atom stereocenters. The maximum Gasteiger partial charge on any atom is 0.282 e. The number of ether oxygens (including phenoxy) is 2. The summed E-state index contributed by atoms with van der Waals surface area (Å²) in [5, 5.41) is 6.22. The van der Waals surface area contributed by atoms with Crippen molar-refractivity contribution in [1.82, 2.24) is 9.66 Å². The van der Waals surface area contributed by atoms with Crippen molar-refractivity contribution >= 4 is 55.6 Å². The van der Waals surface area contributed by atoms with Gasteiger partial charge in [-0.05, 0) is 73.5 Å². The first-order valence-electron chi connectivity index (χ1n) is 13.3. The van der Waals surface area contributed by atoms with Crippen molar-refractivity contribution in [2.45, 2.75) is 20.5 Å². The smallest absolute Gasteiger partial charge is 0.282 e. The van der Waals surface area contributed by atoms with Crippen molar-refractivity contribution in [1.29, 1.82) is 0 Å². The molecule has 0 spiro atoms. The minimum absolute atomic E-state index is 0.275. The summed E-state index contributed by atoms with van der Waals surface area (Å²) in [4.78, 5) is 18.4. The number of nitrogens with zero attached hydrogens (tertiary/aromatic N) is 3. The third kappa shape index (κ3) is 5.68. The van der Waals surface area contributed by atoms with Crippen LogP contribution in [0.25, 0.3) is 33.5 Å². The molecule has 0 atom stereocenters. The second kappa shape index (κ2) is 11.8. The Bertz CT molecular complexity index is 2030. The van der Waals surface area contributed by atoms with Gasteiger partial charge in [0, 0.05) is 9.86 Å². The number of rotatable bonds is 8. The molecule has 0 N–H and O–H groups in total. The van der Waals surface area contributed by atoms with Gasteiger partial charge in [-0.1, -0.05) is 69.5 Å². The van der Waals surface area contributed by atoms with Gasteiger partial charge in [-0.15, -0.1) is 0 Å². The first-order chi connectivity index (χ1) is 20.4. The van der Waals surface area contributed by atoms with Crippen molar-refractivity contribution in [3.8, 4) is 23.1 Å². The minimum atomic E-state index is -0.331. The summed E-state index contributed by atoms with van der Waals surface area (Å²) in [6, 6.07) is 26.2. The maximum absolute atomic E-state index is 13.6. The fourth-order valence-corrected chi connectivity index (χ4v) is 5.31. The first kappa shape index (κ1) is 27.8. The lowest BCUT2D eigenvalue weighted by Crippen LogP contribution is -2.20. The predicted molar refractivity (Wildman–Crippen MR) is 170 cm³/mol. The zero-order chi connectivity index (χ0) is 29.2. The fourth-order valence-electron chi connectivity index (χ4n) is 4.66. The first-order valence-corrected chi connectivity index (χ1v) is 14.5. The van der Waals surface area contributed by atoms with E-state index in [1.54, 1.807) is 36.5 Å². The molecule has 0 amide bonds. The molecule has 0 saturated carbocycles. The summed E-state index contributed by atoms with van der Waals surface area (Å²) >= 11 is 10.2. The van der Waals surface area contributed by atoms with Gasteiger partial charge >= 0.3 is 0 Å². The Morgan fingerprint density at radius 1 is 1.02 bits per heavy atom. The van der Waals surface area contributed by atoms with Gasteiger partial charge in [0.2, 0.25) is 5.82 Å². The highest BCUT2D eigenvalue weighted by molar-refractivity contribution is 9.10. The summed E-state index contributed by atoms with van der Waals surface area (Å²) in [6.07, 6.45) is 1.54. The van der Waals surface area contributed by atoms with Crippen LogP contribution in [0.5, 0.6) is 11.5 Å². The second-order valence-electron chi connectivity index (χ2n) is 9.65. The largest absolute Gasteiger partial charge is 0.490 e. The number of para-hydroxylation sites is 1. The SMILES string of the molecule is CCOc1cc(C=Nn2c(-c3cc4cc(Br)ccc4o3)nc3ccccc3c2=O)cc(Cl)c1OCc1cccc(C)c1. The van der Waals surface area contributed by atoms with E-state index in [2.05, 4.69) is 27.1 Å². The lowest BCUT2D eigenvalue weighted by Gasteiger charge is -2.15. The number of benzene rings is 4. The molecule has 2 heterocycles. The molecule has 7 nitrogen and oxygen atoms in total. The molecular weight excluding hydrogens is 618 g/mol. The number of fused-ring (bicyclic) bond motifs is 2. The van der Waals surface area contributed by atoms with Crippen molar-refractivity contribution < 1.29 is 13.9 Å². The summed E-state index contributed by atoms with van der Waals surface area (Å²) in [5.41, 5.74) is 3.66. The van der Waals surface area contributed by atoms with E-state index in [9.17, 15) is 4.79 Å². The molecule has 0 bridgehead atoms. The number of furan rings is 1. The molecule has 4 aromatic carbocycles. The van der Waals surface area contributed by atoms with Crippen molar-refractivity contribution in [3.63, 3.8) is 0 Å². The average Bonchev–Trinajstić information content (AvgIpc) is 3.39. The molecule has 0 aliphatic rings. The summed E-state index contributed by atoms with van der Waals surface area (Å²) < 4.78 is 20.2. The van der Waals surface area contributed by atoms with Crippen LogP contribution < -0.4 is 15.0 Å². The lowest BCUT2D eigenvalue weighted by molar-refractivity contribution is 0.269. The molecule has 0 radical (unpaired) electrons. The van der Waals surface area contributed by atoms with Crippen LogP contribution in [0.1, 0.15) is 23.6 Å². The molecule has 0 aliphatic heterocycles. The zero-order valence-electron chi connectivity index (χ0n) is 22.8. The van der Waals surface area contributed by atoms with Crippen LogP contribution in [-0.4, -0.2) is 22.5 Å². The number of hydrogen-bond acceptors (Lipinski definition) is 6. The Labute approximate surface area is 255 Å². The predicted octanol–water partition coefficient (Wildman–Crippen LogP) is 8.39. The van der Waals surface area contributed by atoms with Crippen LogP contribution >= 0.6 is 27.5 Å². The molecule has 0 saturated heterocycles. The highest BCUT2D eigenvalue weighted by atomic mass is 79.9. The zero-order valence-corrected chi connectivity index (χ0v) is 25.1. The topological polar surface area (TPSA) is 78.9 Å². The van der Waals surface area contributed by atoms with Gasteiger partial charge in [0.1, 0.15) is 12.2 Å². The second-order valence-corrected chi connectivity index (χ2v) is 11.0. The van der Waals surface area contributed by atoms with E-state index in [1.165, 1.54) is 4.68 Å². The molecule has 6 aromatic rings. The highest BCUT2D eigenvalue weighted by Gasteiger charge is 2.17. The average molecular weight is 643 g/mol. The van der Waals surface area contributed by atoms with Crippen LogP contribution in [0.15, 0.2) is 104 Å². The number of aryl methyl sites for hydroxylation is 1. The maximum atomic E-state index is 13.6. The number of hydrogen-bond donors (Lipinski definition) is 0. The quantitative estimate of drug-likeness (QED) is 0.156. The van der Waals surface area contributed by atoms with Crippen LogP contribution in [-0.2, 0) is 6.61 Å². The molecule has 42 heavy (non-hydrogen) atoms. The Kier molecular flexibility index (Phi) is 7.82. The van der Waals surface area contributed by atoms with E-state index in [4.69, 9.17) is 30.5 Å². The van der Waals surface area contributed by atoms with E-state index in [0.29, 0.717) is 57.5 Å². The van der Waals surface area contributed by atoms with Gasteiger partial charge in [-0.25, -0.2) is 4.98 Å². The summed E-state index contributed by atoms with van der Waals surface area (Å²) in [5.74, 6) is 1.61. The third-order valence-corrected chi connectivity index (χ3v) is 7.35. The highest BCUT2D eigenvalue weighted by Crippen LogP contribution is 2.37. The third-order valence-electron chi connectivity index (χ3n) is 6.57. The van der Waals surface area contributed by atoms with Gasteiger partial charge < -0.3 is 13.9 Å². The molecule has 9 heteroatoms. The summed E-state index contributed by atoms with van der Waals surface area (Å²) in [6.45, 7) is 4.67. The molecular formula is C33H25BrClN3O4. The Hall–Kier alpha value is -4.40. The van der Waals surface area contributed by atoms with E-state index in [1.807, 2.05) is 62.4 Å². The Morgan fingerprint density at radius 2 is 1.88 bits per heavy atom. The van der Waals surface area contributed by atoms with Crippen molar-refractivity contribution in [2.24, 2.45) is 5.10 Å². The Balaban J connectivity index is 1.40. The molecule has 210 valence electrons. The Morgan fingerprint density at radius 3 is 2.71 bits per heavy atom. The van der Waals surface area contributed by atoms with Gasteiger partial charge in [-0.3, -0.25) is 4.79 Å². The summed E-state index contributed by atoms with van der Waals surface area (Å²) in [7, 11) is 0. The van der Waals surface area contributed by atoms with Gasteiger partial charge in [-0.2, -0.15) is 9.78 Å². The van der Waals surface area contributed by atoms with Gasteiger partial charge in [0.15, 0.2) is 17.3 Å². The molecule has 2 aromatic heterocycles. The number of halogens is 2. The van der Waals surface area contributed by atoms with E-state index < -0.39 is 0 Å². The van der Waals surface area contributed by atoms with Crippen LogP contribution in [0, 0.1) is 6.92 Å². The molecule has 0 fully saturated rings. The fraction of sp³-hybridized carbons (Fsp3) is 0.121. The number of aromatic nitrogens is 2. The standard InChI is InChI=1S/C33H25BrClN3O4/c1-3-40-29-15-22(14-26(35)31(29)41-19-21-8-6-7-20(2)13-21)18-36-38-32(37-27-10-5-4-9-25(27)33(38)39)30-17-23-16-24(34)11-12-28(23)42-30/h4-18H,3,19H2,1-2H3. The molecule has 6 rings (SSSR count). The minimum Gasteiger partial charge on any atom is -0.490 e. The van der Waals surface area contributed by atoms with Crippen molar-refractivity contribution in [3.05, 3.63) is 121 Å². The van der Waals surface area contributed by atoms with Gasteiger partial charge in [0.25, 0.3) is 5.56 Å². The van der Waals surface area contributed by atoms with Crippen LogP contribution in [0.3, 0.4) is 0 Å². The van der Waals surface area contributed by atoms with E-state index in [0.717, 1.165) is 21.0 Å². The normalized spacial score (nSPS) is 11.5. The monoisotopic (exact) mass is 641 g/mol.